The van der Waals surface area contributed by atoms with Gasteiger partial charge >= 0.3 is 0 Å². The molecule has 4 nitrogen and oxygen atoms in total. The number of aliphatic hydroxyl groups is 1. The van der Waals surface area contributed by atoms with Gasteiger partial charge in [-0.2, -0.15) is 0 Å². The van der Waals surface area contributed by atoms with Crippen molar-refractivity contribution in [3.8, 4) is 0 Å². The number of nitrogens with two attached hydrogens (primary N) is 1. The first kappa shape index (κ1) is 13.8. The average Bonchev–Trinajstić information content (AvgIpc) is 2.32. The summed E-state index contributed by atoms with van der Waals surface area (Å²) in [6.45, 7) is 2.31. The number of para-hydroxylation sites is 1. The van der Waals surface area contributed by atoms with E-state index in [4.69, 9.17) is 17.3 Å². The molecular formula is C12H17ClN2O2. The van der Waals surface area contributed by atoms with E-state index in [1.54, 1.807) is 18.2 Å². The monoisotopic (exact) mass is 256 g/mol. The van der Waals surface area contributed by atoms with Crippen LogP contribution in [0.25, 0.3) is 0 Å². The SMILES string of the molecule is CCC(O)CCNC(=O)c1cccc(Cl)c1N. The minimum Gasteiger partial charge on any atom is -0.397 e. The number of nitrogen functional groups attached to an aromatic ring is 1. The molecule has 1 aromatic rings. The van der Waals surface area contributed by atoms with Crippen LogP contribution in [0.4, 0.5) is 5.69 Å². The lowest BCUT2D eigenvalue weighted by atomic mass is 10.1. The van der Waals surface area contributed by atoms with Gasteiger partial charge in [-0.25, -0.2) is 0 Å². The van der Waals surface area contributed by atoms with Crippen LogP contribution in [0.1, 0.15) is 30.1 Å². The molecule has 0 aliphatic carbocycles. The van der Waals surface area contributed by atoms with Gasteiger partial charge in [0.1, 0.15) is 0 Å². The Morgan fingerprint density at radius 1 is 1.59 bits per heavy atom. The summed E-state index contributed by atoms with van der Waals surface area (Å²) >= 11 is 5.82. The van der Waals surface area contributed by atoms with Crippen molar-refractivity contribution in [2.45, 2.75) is 25.9 Å². The van der Waals surface area contributed by atoms with E-state index in [0.717, 1.165) is 0 Å². The topological polar surface area (TPSA) is 75.3 Å². The molecule has 17 heavy (non-hydrogen) atoms. The molecule has 0 heterocycles. The molecule has 1 atom stereocenters. The summed E-state index contributed by atoms with van der Waals surface area (Å²) in [4.78, 5) is 11.8. The highest BCUT2D eigenvalue weighted by Crippen LogP contribution is 2.22. The van der Waals surface area contributed by atoms with Crippen LogP contribution in [-0.4, -0.2) is 23.7 Å². The molecule has 1 rings (SSSR count). The fraction of sp³-hybridized carbons (Fsp3) is 0.417. The van der Waals surface area contributed by atoms with Crippen molar-refractivity contribution in [2.75, 3.05) is 12.3 Å². The second kappa shape index (κ2) is 6.47. The number of carbonyl (C=O) groups is 1. The van der Waals surface area contributed by atoms with Crippen LogP contribution in [0.2, 0.25) is 5.02 Å². The Morgan fingerprint density at radius 3 is 2.94 bits per heavy atom. The molecule has 1 unspecified atom stereocenters. The Bertz CT molecular complexity index is 396. The van der Waals surface area contributed by atoms with E-state index >= 15 is 0 Å². The number of amides is 1. The predicted octanol–water partition coefficient (Wildman–Crippen LogP) is 1.81. The van der Waals surface area contributed by atoms with Gasteiger partial charge in [-0.15, -0.1) is 0 Å². The molecule has 4 N–H and O–H groups in total. The number of anilines is 1. The summed E-state index contributed by atoms with van der Waals surface area (Å²) < 4.78 is 0. The quantitative estimate of drug-likeness (QED) is 0.704. The van der Waals surface area contributed by atoms with Gasteiger partial charge in [-0.05, 0) is 25.0 Å². The molecule has 0 aromatic heterocycles. The minimum atomic E-state index is -0.382. The largest absolute Gasteiger partial charge is 0.397 e. The lowest BCUT2D eigenvalue weighted by Crippen LogP contribution is -2.27. The third kappa shape index (κ3) is 3.91. The number of hydrogen-bond donors (Lipinski definition) is 3. The molecule has 0 bridgehead atoms. The van der Waals surface area contributed by atoms with E-state index in [9.17, 15) is 9.90 Å². The Kier molecular flexibility index (Phi) is 5.25. The van der Waals surface area contributed by atoms with E-state index in [-0.39, 0.29) is 17.7 Å². The van der Waals surface area contributed by atoms with Crippen molar-refractivity contribution >= 4 is 23.2 Å². The zero-order chi connectivity index (χ0) is 12.8. The second-order valence-corrected chi connectivity index (χ2v) is 4.21. The van der Waals surface area contributed by atoms with Crippen molar-refractivity contribution in [2.24, 2.45) is 0 Å². The maximum atomic E-state index is 11.8. The first-order valence-electron chi connectivity index (χ1n) is 5.56. The Hall–Kier alpha value is -1.26. The Labute approximate surface area is 106 Å². The lowest BCUT2D eigenvalue weighted by molar-refractivity contribution is 0.0943. The van der Waals surface area contributed by atoms with Gasteiger partial charge in [-0.3, -0.25) is 4.79 Å². The number of carbonyl (C=O) groups excluding carboxylic acids is 1. The van der Waals surface area contributed by atoms with Gasteiger partial charge in [0, 0.05) is 6.54 Å². The van der Waals surface area contributed by atoms with Gasteiger partial charge < -0.3 is 16.2 Å². The predicted molar refractivity (Wildman–Crippen MR) is 69.1 cm³/mol. The summed E-state index contributed by atoms with van der Waals surface area (Å²) in [6, 6.07) is 4.93. The van der Waals surface area contributed by atoms with E-state index < -0.39 is 0 Å². The summed E-state index contributed by atoms with van der Waals surface area (Å²) in [6.07, 6.45) is 0.824. The molecule has 0 aliphatic rings. The average molecular weight is 257 g/mol. The van der Waals surface area contributed by atoms with Crippen LogP contribution >= 0.6 is 11.6 Å². The number of rotatable bonds is 5. The van der Waals surface area contributed by atoms with Crippen LogP contribution in [0, 0.1) is 0 Å². The van der Waals surface area contributed by atoms with Crippen molar-refractivity contribution in [1.29, 1.82) is 0 Å². The van der Waals surface area contributed by atoms with Crippen LogP contribution in [-0.2, 0) is 0 Å². The summed E-state index contributed by atoms with van der Waals surface area (Å²) in [5, 5.41) is 12.4. The van der Waals surface area contributed by atoms with Crippen molar-refractivity contribution in [3.63, 3.8) is 0 Å². The maximum Gasteiger partial charge on any atom is 0.253 e. The molecule has 0 spiro atoms. The molecule has 94 valence electrons. The van der Waals surface area contributed by atoms with Crippen LogP contribution in [0.3, 0.4) is 0 Å². The fourth-order valence-electron chi connectivity index (χ4n) is 1.39. The Morgan fingerprint density at radius 2 is 2.29 bits per heavy atom. The first-order valence-corrected chi connectivity index (χ1v) is 5.94. The molecule has 0 radical (unpaired) electrons. The maximum absolute atomic E-state index is 11.8. The van der Waals surface area contributed by atoms with E-state index in [1.165, 1.54) is 0 Å². The molecule has 0 fully saturated rings. The first-order chi connectivity index (χ1) is 8.06. The molecule has 0 saturated carbocycles. The fourth-order valence-corrected chi connectivity index (χ4v) is 1.56. The number of hydrogen-bond acceptors (Lipinski definition) is 3. The number of aliphatic hydroxyl groups excluding tert-OH is 1. The highest BCUT2D eigenvalue weighted by molar-refractivity contribution is 6.33. The summed E-state index contributed by atoms with van der Waals surface area (Å²) in [5.41, 5.74) is 6.34. The zero-order valence-corrected chi connectivity index (χ0v) is 10.5. The lowest BCUT2D eigenvalue weighted by Gasteiger charge is -2.10. The number of halogens is 1. The standard InChI is InChI=1S/C12H17ClN2O2/c1-2-8(16)6-7-15-12(17)9-4-3-5-10(13)11(9)14/h3-5,8,16H,2,6-7,14H2,1H3,(H,15,17). The van der Waals surface area contributed by atoms with Crippen molar-refractivity contribution < 1.29 is 9.90 Å². The molecular weight excluding hydrogens is 240 g/mol. The van der Waals surface area contributed by atoms with E-state index in [0.29, 0.717) is 30.0 Å². The normalized spacial score (nSPS) is 12.2. The summed E-state index contributed by atoms with van der Waals surface area (Å²) in [5.74, 6) is -0.270. The highest BCUT2D eigenvalue weighted by Gasteiger charge is 2.11. The highest BCUT2D eigenvalue weighted by atomic mass is 35.5. The molecule has 0 saturated heterocycles. The van der Waals surface area contributed by atoms with Gasteiger partial charge in [0.25, 0.3) is 5.91 Å². The van der Waals surface area contributed by atoms with Crippen LogP contribution in [0.5, 0.6) is 0 Å². The third-order valence-corrected chi connectivity index (χ3v) is 2.86. The summed E-state index contributed by atoms with van der Waals surface area (Å²) in [7, 11) is 0. The molecule has 1 aromatic carbocycles. The second-order valence-electron chi connectivity index (χ2n) is 3.81. The van der Waals surface area contributed by atoms with E-state index in [2.05, 4.69) is 5.32 Å². The van der Waals surface area contributed by atoms with Crippen LogP contribution < -0.4 is 11.1 Å². The zero-order valence-electron chi connectivity index (χ0n) is 9.74. The van der Waals surface area contributed by atoms with Gasteiger partial charge in [0.2, 0.25) is 0 Å². The van der Waals surface area contributed by atoms with Gasteiger partial charge in [-0.1, -0.05) is 24.6 Å². The smallest absolute Gasteiger partial charge is 0.253 e. The molecule has 5 heteroatoms. The van der Waals surface area contributed by atoms with Gasteiger partial charge in [0.15, 0.2) is 0 Å². The van der Waals surface area contributed by atoms with Crippen LogP contribution in [0.15, 0.2) is 18.2 Å². The van der Waals surface area contributed by atoms with E-state index in [1.807, 2.05) is 6.92 Å². The molecule has 1 amide bonds. The minimum absolute atomic E-state index is 0.270. The van der Waals surface area contributed by atoms with Crippen molar-refractivity contribution in [1.82, 2.24) is 5.32 Å². The van der Waals surface area contributed by atoms with Gasteiger partial charge in [0.05, 0.1) is 22.4 Å². The number of benzene rings is 1. The van der Waals surface area contributed by atoms with Crippen molar-refractivity contribution in [3.05, 3.63) is 28.8 Å². The molecule has 0 aliphatic heterocycles. The third-order valence-electron chi connectivity index (χ3n) is 2.53. The number of nitrogens with one attached hydrogen (secondary N) is 1. The Balaban J connectivity index is 2.56.